The third kappa shape index (κ3) is 7.56. The molecule has 3 aromatic rings. The Morgan fingerprint density at radius 3 is 2.21 bits per heavy atom. The number of hydrogen-bond donors (Lipinski definition) is 1. The highest BCUT2D eigenvalue weighted by molar-refractivity contribution is 9.10. The molecule has 0 bridgehead atoms. The fourth-order valence-electron chi connectivity index (χ4n) is 4.20. The molecule has 0 aromatic heterocycles. The molecule has 1 unspecified atom stereocenters. The van der Waals surface area contributed by atoms with E-state index in [0.29, 0.717) is 19.5 Å². The van der Waals surface area contributed by atoms with E-state index in [1.165, 1.54) is 0 Å². The van der Waals surface area contributed by atoms with E-state index in [-0.39, 0.29) is 18.2 Å². The molecule has 0 heterocycles. The van der Waals surface area contributed by atoms with E-state index in [9.17, 15) is 9.59 Å². The number of aryl methyl sites for hydroxylation is 2. The molecule has 0 radical (unpaired) electrons. The van der Waals surface area contributed by atoms with Crippen molar-refractivity contribution in [3.05, 3.63) is 105 Å². The van der Waals surface area contributed by atoms with Gasteiger partial charge in [0, 0.05) is 24.0 Å². The Hall–Kier alpha value is -2.92. The standard InChI is InChI=1S/C29H33BrN2O2/c1-4-13-31-29(34)27(18-23-9-6-5-7-10-23)32(20-24-11-8-12-26(30)17-24)28(33)19-25-15-21(2)14-22(3)16-25/h5-12,14-17,27H,4,13,18-20H2,1-3H3,(H,31,34). The van der Waals surface area contributed by atoms with Gasteiger partial charge in [0.1, 0.15) is 6.04 Å². The van der Waals surface area contributed by atoms with E-state index in [1.807, 2.05) is 87.5 Å². The summed E-state index contributed by atoms with van der Waals surface area (Å²) in [5.74, 6) is -0.174. The molecule has 0 fully saturated rings. The van der Waals surface area contributed by atoms with E-state index in [1.54, 1.807) is 4.90 Å². The molecule has 0 aliphatic carbocycles. The first kappa shape index (κ1) is 25.7. The third-order valence-electron chi connectivity index (χ3n) is 5.70. The van der Waals surface area contributed by atoms with Crippen LogP contribution in [0.4, 0.5) is 0 Å². The molecule has 0 aliphatic heterocycles. The van der Waals surface area contributed by atoms with Crippen LogP contribution in [0.5, 0.6) is 0 Å². The molecule has 5 heteroatoms. The molecule has 178 valence electrons. The number of nitrogens with zero attached hydrogens (tertiary/aromatic N) is 1. The fourth-order valence-corrected chi connectivity index (χ4v) is 4.65. The van der Waals surface area contributed by atoms with Gasteiger partial charge in [-0.2, -0.15) is 0 Å². The average Bonchev–Trinajstić information content (AvgIpc) is 2.79. The second-order valence-corrected chi connectivity index (χ2v) is 9.74. The van der Waals surface area contributed by atoms with Crippen LogP contribution in [0.25, 0.3) is 0 Å². The number of halogens is 1. The van der Waals surface area contributed by atoms with Gasteiger partial charge in [0.2, 0.25) is 11.8 Å². The van der Waals surface area contributed by atoms with Crippen molar-refractivity contribution in [3.8, 4) is 0 Å². The number of carbonyl (C=O) groups is 2. The molecule has 1 atom stereocenters. The molecule has 2 amide bonds. The first-order chi connectivity index (χ1) is 16.4. The first-order valence-corrected chi connectivity index (χ1v) is 12.6. The van der Waals surface area contributed by atoms with Crippen LogP contribution in [0.2, 0.25) is 0 Å². The number of carbonyl (C=O) groups excluding carboxylic acids is 2. The lowest BCUT2D eigenvalue weighted by Crippen LogP contribution is -2.51. The quantitative estimate of drug-likeness (QED) is 0.368. The van der Waals surface area contributed by atoms with Gasteiger partial charge in [0.05, 0.1) is 6.42 Å². The predicted octanol–water partition coefficient (Wildman–Crippen LogP) is 5.77. The highest BCUT2D eigenvalue weighted by Gasteiger charge is 2.30. The molecular formula is C29H33BrN2O2. The van der Waals surface area contributed by atoms with Crippen LogP contribution in [0, 0.1) is 13.8 Å². The zero-order valence-corrected chi connectivity index (χ0v) is 21.8. The Morgan fingerprint density at radius 2 is 1.56 bits per heavy atom. The van der Waals surface area contributed by atoms with E-state index >= 15 is 0 Å². The lowest BCUT2D eigenvalue weighted by molar-refractivity contribution is -0.140. The SMILES string of the molecule is CCCNC(=O)C(Cc1ccccc1)N(Cc1cccc(Br)c1)C(=O)Cc1cc(C)cc(C)c1. The molecule has 1 N–H and O–H groups in total. The molecular weight excluding hydrogens is 488 g/mol. The minimum Gasteiger partial charge on any atom is -0.354 e. The van der Waals surface area contributed by atoms with Crippen molar-refractivity contribution in [2.75, 3.05) is 6.54 Å². The van der Waals surface area contributed by atoms with Crippen molar-refractivity contribution in [2.45, 2.75) is 52.6 Å². The summed E-state index contributed by atoms with van der Waals surface area (Å²) in [5, 5.41) is 3.03. The van der Waals surface area contributed by atoms with Gasteiger partial charge in [-0.05, 0) is 49.1 Å². The van der Waals surface area contributed by atoms with Crippen LogP contribution < -0.4 is 5.32 Å². The second kappa shape index (κ2) is 12.5. The maximum absolute atomic E-state index is 13.8. The van der Waals surface area contributed by atoms with Crippen LogP contribution in [-0.2, 0) is 29.0 Å². The molecule has 3 rings (SSSR count). The minimum absolute atomic E-state index is 0.0578. The van der Waals surface area contributed by atoms with Crippen molar-refractivity contribution in [2.24, 2.45) is 0 Å². The Morgan fingerprint density at radius 1 is 0.882 bits per heavy atom. The summed E-state index contributed by atoms with van der Waals surface area (Å²) in [4.78, 5) is 28.9. The normalized spacial score (nSPS) is 11.6. The molecule has 0 aliphatic rings. The third-order valence-corrected chi connectivity index (χ3v) is 6.19. The summed E-state index contributed by atoms with van der Waals surface area (Å²) in [6.45, 7) is 7.05. The summed E-state index contributed by atoms with van der Waals surface area (Å²) in [6.07, 6.45) is 1.55. The molecule has 0 spiro atoms. The summed E-state index contributed by atoms with van der Waals surface area (Å²) in [7, 11) is 0. The van der Waals surface area contributed by atoms with Crippen LogP contribution in [0.15, 0.2) is 77.3 Å². The summed E-state index contributed by atoms with van der Waals surface area (Å²) < 4.78 is 0.946. The highest BCUT2D eigenvalue weighted by Crippen LogP contribution is 2.19. The van der Waals surface area contributed by atoms with Crippen LogP contribution in [0.1, 0.15) is 41.2 Å². The van der Waals surface area contributed by atoms with Crippen molar-refractivity contribution in [1.29, 1.82) is 0 Å². The monoisotopic (exact) mass is 520 g/mol. The summed E-state index contributed by atoms with van der Waals surface area (Å²) in [6, 6.07) is 23.4. The summed E-state index contributed by atoms with van der Waals surface area (Å²) in [5.41, 5.74) is 5.22. The zero-order valence-electron chi connectivity index (χ0n) is 20.2. The Balaban J connectivity index is 1.97. The number of rotatable bonds is 10. The molecule has 0 saturated carbocycles. The Kier molecular flexibility index (Phi) is 9.46. The number of hydrogen-bond acceptors (Lipinski definition) is 2. The van der Waals surface area contributed by atoms with E-state index in [4.69, 9.17) is 0 Å². The average molecular weight is 521 g/mol. The number of nitrogens with one attached hydrogen (secondary N) is 1. The second-order valence-electron chi connectivity index (χ2n) is 8.82. The van der Waals surface area contributed by atoms with Gasteiger partial charge in [0.15, 0.2) is 0 Å². The van der Waals surface area contributed by atoms with Gasteiger partial charge in [-0.3, -0.25) is 9.59 Å². The Bertz CT molecular complexity index is 1090. The zero-order chi connectivity index (χ0) is 24.5. The number of amides is 2. The topological polar surface area (TPSA) is 49.4 Å². The molecule has 3 aromatic carbocycles. The minimum atomic E-state index is -0.605. The van der Waals surface area contributed by atoms with Crippen molar-refractivity contribution in [1.82, 2.24) is 10.2 Å². The van der Waals surface area contributed by atoms with Crippen LogP contribution >= 0.6 is 15.9 Å². The fraction of sp³-hybridized carbons (Fsp3) is 0.310. The number of benzene rings is 3. The van der Waals surface area contributed by atoms with Crippen molar-refractivity contribution < 1.29 is 9.59 Å². The van der Waals surface area contributed by atoms with Crippen molar-refractivity contribution >= 4 is 27.7 Å². The van der Waals surface area contributed by atoms with Gasteiger partial charge in [-0.15, -0.1) is 0 Å². The summed E-state index contributed by atoms with van der Waals surface area (Å²) >= 11 is 3.53. The largest absolute Gasteiger partial charge is 0.354 e. The van der Waals surface area contributed by atoms with Gasteiger partial charge >= 0.3 is 0 Å². The highest BCUT2D eigenvalue weighted by atomic mass is 79.9. The van der Waals surface area contributed by atoms with Crippen LogP contribution in [-0.4, -0.2) is 29.3 Å². The van der Waals surface area contributed by atoms with Gasteiger partial charge in [-0.1, -0.05) is 94.6 Å². The van der Waals surface area contributed by atoms with Gasteiger partial charge in [0.25, 0.3) is 0 Å². The van der Waals surface area contributed by atoms with Gasteiger partial charge in [-0.25, -0.2) is 0 Å². The Labute approximate surface area is 211 Å². The first-order valence-electron chi connectivity index (χ1n) is 11.8. The smallest absolute Gasteiger partial charge is 0.243 e. The van der Waals surface area contributed by atoms with E-state index < -0.39 is 6.04 Å². The lowest BCUT2D eigenvalue weighted by atomic mass is 10.0. The van der Waals surface area contributed by atoms with Gasteiger partial charge < -0.3 is 10.2 Å². The van der Waals surface area contributed by atoms with Crippen LogP contribution in [0.3, 0.4) is 0 Å². The maximum Gasteiger partial charge on any atom is 0.243 e. The maximum atomic E-state index is 13.8. The molecule has 0 saturated heterocycles. The molecule has 4 nitrogen and oxygen atoms in total. The lowest BCUT2D eigenvalue weighted by Gasteiger charge is -2.32. The van der Waals surface area contributed by atoms with E-state index in [0.717, 1.165) is 38.7 Å². The van der Waals surface area contributed by atoms with E-state index in [2.05, 4.69) is 27.3 Å². The van der Waals surface area contributed by atoms with Crippen molar-refractivity contribution in [3.63, 3.8) is 0 Å². The molecule has 34 heavy (non-hydrogen) atoms. The predicted molar refractivity (Wildman–Crippen MR) is 142 cm³/mol.